The van der Waals surface area contributed by atoms with Crippen molar-refractivity contribution >= 4 is 16.2 Å². The molecule has 7 nitrogen and oxygen atoms in total. The first-order valence-corrected chi connectivity index (χ1v) is 7.11. The highest BCUT2D eigenvalue weighted by atomic mass is 32.2. The number of carbonyl (C=O) groups excluding carboxylic acids is 1. The lowest BCUT2D eigenvalue weighted by atomic mass is 10.2. The van der Waals surface area contributed by atoms with Crippen LogP contribution in [0.3, 0.4) is 0 Å². The molecule has 0 aliphatic heterocycles. The van der Waals surface area contributed by atoms with Gasteiger partial charge in [0.25, 0.3) is 10.1 Å². The lowest BCUT2D eigenvalue weighted by molar-refractivity contribution is 0.0482. The highest BCUT2D eigenvalue weighted by molar-refractivity contribution is 7.86. The number of carbonyl (C=O) groups is 1. The summed E-state index contributed by atoms with van der Waals surface area (Å²) < 4.78 is 40.3. The molecule has 0 spiro atoms. The first-order valence-electron chi connectivity index (χ1n) is 5.61. The first-order chi connectivity index (χ1) is 8.06. The summed E-state index contributed by atoms with van der Waals surface area (Å²) in [5.74, 6) is 0. The van der Waals surface area contributed by atoms with Gasteiger partial charge in [0.1, 0.15) is 5.60 Å². The molecule has 0 aromatic heterocycles. The molecular formula is C10H21NO6S. The van der Waals surface area contributed by atoms with Gasteiger partial charge in [-0.3, -0.25) is 4.55 Å². The Hall–Kier alpha value is -0.860. The average Bonchev–Trinajstić information content (AvgIpc) is 2.12. The molecule has 0 radical (unpaired) electrons. The van der Waals surface area contributed by atoms with Crippen molar-refractivity contribution in [3.63, 3.8) is 0 Å². The number of nitrogens with one attached hydrogen (secondary N) is 1. The van der Waals surface area contributed by atoms with E-state index in [4.69, 9.17) is 14.0 Å². The molecule has 0 aromatic rings. The molecule has 8 heteroatoms. The van der Waals surface area contributed by atoms with Crippen LogP contribution in [-0.4, -0.2) is 43.3 Å². The van der Waals surface area contributed by atoms with Gasteiger partial charge in [0.15, 0.2) is 5.44 Å². The van der Waals surface area contributed by atoms with Gasteiger partial charge in [0.2, 0.25) is 0 Å². The van der Waals surface area contributed by atoms with Crippen LogP contribution in [-0.2, 0) is 19.6 Å². The van der Waals surface area contributed by atoms with E-state index in [9.17, 15) is 13.2 Å². The summed E-state index contributed by atoms with van der Waals surface area (Å²) in [6.45, 7) is 6.83. The van der Waals surface area contributed by atoms with E-state index in [1.807, 2.05) is 0 Å². The Balaban J connectivity index is 3.90. The maximum Gasteiger partial charge on any atom is 0.407 e. The van der Waals surface area contributed by atoms with Crippen LogP contribution in [0.5, 0.6) is 0 Å². The van der Waals surface area contributed by atoms with Gasteiger partial charge in [-0.2, -0.15) is 8.42 Å². The number of ether oxygens (including phenoxy) is 2. The van der Waals surface area contributed by atoms with Crippen LogP contribution in [0.2, 0.25) is 0 Å². The minimum absolute atomic E-state index is 0.0302. The zero-order valence-corrected chi connectivity index (χ0v) is 11.9. The Morgan fingerprint density at radius 1 is 1.39 bits per heavy atom. The van der Waals surface area contributed by atoms with Crippen LogP contribution in [0.4, 0.5) is 4.79 Å². The van der Waals surface area contributed by atoms with Gasteiger partial charge >= 0.3 is 6.09 Å². The summed E-state index contributed by atoms with van der Waals surface area (Å²) in [4.78, 5) is 11.2. The number of hydrogen-bond donors (Lipinski definition) is 2. The Bertz CT molecular complexity index is 359. The minimum Gasteiger partial charge on any atom is -0.444 e. The number of rotatable bonds is 6. The molecule has 0 saturated heterocycles. The standard InChI is InChI=1S/C10H21NO6S/c1-5-8(18(13,14)15)16-7-6-11-9(12)17-10(2,3)4/h8H,5-7H2,1-4H3,(H,11,12)(H,13,14,15). The van der Waals surface area contributed by atoms with Crippen LogP contribution < -0.4 is 5.32 Å². The van der Waals surface area contributed by atoms with Gasteiger partial charge < -0.3 is 14.8 Å². The summed E-state index contributed by atoms with van der Waals surface area (Å²) in [7, 11) is -4.21. The van der Waals surface area contributed by atoms with Crippen molar-refractivity contribution in [1.82, 2.24) is 5.32 Å². The lowest BCUT2D eigenvalue weighted by Gasteiger charge is -2.20. The van der Waals surface area contributed by atoms with Crippen LogP contribution >= 0.6 is 0 Å². The molecule has 1 amide bonds. The average molecular weight is 283 g/mol. The van der Waals surface area contributed by atoms with E-state index < -0.39 is 27.2 Å². The molecule has 0 saturated carbocycles. The van der Waals surface area contributed by atoms with E-state index in [-0.39, 0.29) is 19.6 Å². The first kappa shape index (κ1) is 17.1. The normalized spacial score (nSPS) is 14.1. The van der Waals surface area contributed by atoms with Gasteiger partial charge in [0.05, 0.1) is 6.61 Å². The summed E-state index contributed by atoms with van der Waals surface area (Å²) in [5, 5.41) is 2.41. The Morgan fingerprint density at radius 3 is 2.33 bits per heavy atom. The fourth-order valence-electron chi connectivity index (χ4n) is 1.07. The van der Waals surface area contributed by atoms with Gasteiger partial charge in [-0.15, -0.1) is 0 Å². The third-order valence-corrected chi connectivity index (χ3v) is 2.87. The van der Waals surface area contributed by atoms with Crippen molar-refractivity contribution in [2.75, 3.05) is 13.2 Å². The SMILES string of the molecule is CCC(OCCNC(=O)OC(C)(C)C)S(=O)(=O)O. The maximum absolute atomic E-state index is 11.2. The maximum atomic E-state index is 11.2. The summed E-state index contributed by atoms with van der Waals surface area (Å²) in [6.07, 6.45) is -0.475. The molecule has 2 N–H and O–H groups in total. The Labute approximate surface area is 108 Å². The highest BCUT2D eigenvalue weighted by Crippen LogP contribution is 2.07. The van der Waals surface area contributed by atoms with E-state index >= 15 is 0 Å². The summed E-state index contributed by atoms with van der Waals surface area (Å²) in [5.41, 5.74) is -1.86. The molecule has 0 bridgehead atoms. The van der Waals surface area contributed by atoms with Crippen molar-refractivity contribution in [3.8, 4) is 0 Å². The van der Waals surface area contributed by atoms with Crippen LogP contribution in [0, 0.1) is 0 Å². The van der Waals surface area contributed by atoms with E-state index in [1.54, 1.807) is 27.7 Å². The monoisotopic (exact) mass is 283 g/mol. The molecule has 108 valence electrons. The number of hydrogen-bond acceptors (Lipinski definition) is 5. The van der Waals surface area contributed by atoms with Gasteiger partial charge in [-0.05, 0) is 27.2 Å². The molecule has 1 unspecified atom stereocenters. The number of amides is 1. The van der Waals surface area contributed by atoms with Gasteiger partial charge in [0, 0.05) is 6.54 Å². The van der Waals surface area contributed by atoms with Crippen molar-refractivity contribution < 1.29 is 27.2 Å². The van der Waals surface area contributed by atoms with E-state index in [0.29, 0.717) is 0 Å². The van der Waals surface area contributed by atoms with Gasteiger partial charge in [-0.1, -0.05) is 6.92 Å². The number of alkyl carbamates (subject to hydrolysis) is 1. The summed E-state index contributed by atoms with van der Waals surface area (Å²) >= 11 is 0. The van der Waals surface area contributed by atoms with Gasteiger partial charge in [-0.25, -0.2) is 4.79 Å². The van der Waals surface area contributed by atoms with Crippen molar-refractivity contribution in [3.05, 3.63) is 0 Å². The Kier molecular flexibility index (Phi) is 6.58. The molecule has 0 aliphatic rings. The third-order valence-electron chi connectivity index (χ3n) is 1.74. The molecule has 18 heavy (non-hydrogen) atoms. The molecule has 1 atom stereocenters. The minimum atomic E-state index is -4.21. The smallest absolute Gasteiger partial charge is 0.407 e. The summed E-state index contributed by atoms with van der Waals surface area (Å²) in [6, 6.07) is 0. The van der Waals surface area contributed by atoms with Crippen LogP contribution in [0.15, 0.2) is 0 Å². The molecule has 0 fully saturated rings. The Morgan fingerprint density at radius 2 is 1.94 bits per heavy atom. The van der Waals surface area contributed by atoms with Crippen LogP contribution in [0.1, 0.15) is 34.1 Å². The van der Waals surface area contributed by atoms with Crippen LogP contribution in [0.25, 0.3) is 0 Å². The zero-order chi connectivity index (χ0) is 14.4. The van der Waals surface area contributed by atoms with Crippen molar-refractivity contribution in [2.45, 2.75) is 45.2 Å². The fraction of sp³-hybridized carbons (Fsp3) is 0.900. The second-order valence-corrected chi connectivity index (χ2v) is 6.21. The molecule has 0 heterocycles. The molecule has 0 rings (SSSR count). The van der Waals surface area contributed by atoms with Crippen molar-refractivity contribution in [2.24, 2.45) is 0 Å². The fourth-order valence-corrected chi connectivity index (χ4v) is 1.76. The second kappa shape index (κ2) is 6.91. The lowest BCUT2D eigenvalue weighted by Crippen LogP contribution is -2.35. The highest BCUT2D eigenvalue weighted by Gasteiger charge is 2.21. The third kappa shape index (κ3) is 8.26. The topological polar surface area (TPSA) is 102 Å². The molecule has 0 aliphatic carbocycles. The van der Waals surface area contributed by atoms with E-state index in [2.05, 4.69) is 5.32 Å². The van der Waals surface area contributed by atoms with E-state index in [1.165, 1.54) is 0 Å². The largest absolute Gasteiger partial charge is 0.444 e. The predicted molar refractivity (Wildman–Crippen MR) is 65.8 cm³/mol. The molecular weight excluding hydrogens is 262 g/mol. The zero-order valence-electron chi connectivity index (χ0n) is 11.1. The van der Waals surface area contributed by atoms with Crippen molar-refractivity contribution in [1.29, 1.82) is 0 Å². The predicted octanol–water partition coefficient (Wildman–Crippen LogP) is 1.15. The molecule has 0 aromatic carbocycles. The van der Waals surface area contributed by atoms with E-state index in [0.717, 1.165) is 0 Å². The second-order valence-electron chi connectivity index (χ2n) is 4.65. The quantitative estimate of drug-likeness (QED) is 0.560.